The van der Waals surface area contributed by atoms with E-state index in [2.05, 4.69) is 0 Å². The van der Waals surface area contributed by atoms with E-state index in [0.29, 0.717) is 11.8 Å². The molecular formula is C15H13Cl2NO7S. The molecule has 1 aromatic carbocycles. The van der Waals surface area contributed by atoms with Gasteiger partial charge in [-0.2, -0.15) is 0 Å². The zero-order valence-corrected chi connectivity index (χ0v) is 15.6. The van der Waals surface area contributed by atoms with Crippen LogP contribution in [0.2, 0.25) is 10.0 Å². The van der Waals surface area contributed by atoms with E-state index in [0.717, 1.165) is 0 Å². The SMILES string of the molecule is CC(=O)SCC(=O)NC(C(=O)O)C(=O)COC(=O)c1c(Cl)cccc1Cl. The largest absolute Gasteiger partial charge is 0.479 e. The summed E-state index contributed by atoms with van der Waals surface area (Å²) >= 11 is 12.3. The van der Waals surface area contributed by atoms with Crippen LogP contribution in [0, 0.1) is 0 Å². The molecule has 0 radical (unpaired) electrons. The minimum Gasteiger partial charge on any atom is -0.479 e. The van der Waals surface area contributed by atoms with Crippen LogP contribution in [0.25, 0.3) is 0 Å². The number of benzene rings is 1. The molecule has 8 nitrogen and oxygen atoms in total. The predicted molar refractivity (Wildman–Crippen MR) is 94.5 cm³/mol. The van der Waals surface area contributed by atoms with Gasteiger partial charge in [-0.05, 0) is 12.1 Å². The van der Waals surface area contributed by atoms with Gasteiger partial charge < -0.3 is 15.2 Å². The van der Waals surface area contributed by atoms with E-state index >= 15 is 0 Å². The first-order valence-electron chi connectivity index (χ1n) is 6.92. The summed E-state index contributed by atoms with van der Waals surface area (Å²) < 4.78 is 4.73. The van der Waals surface area contributed by atoms with Crippen LogP contribution < -0.4 is 5.32 Å². The number of nitrogens with one attached hydrogen (secondary N) is 1. The maximum Gasteiger partial charge on any atom is 0.341 e. The van der Waals surface area contributed by atoms with Gasteiger partial charge in [0.25, 0.3) is 0 Å². The molecule has 0 aliphatic carbocycles. The molecule has 0 saturated heterocycles. The third kappa shape index (κ3) is 6.66. The number of halogens is 2. The van der Waals surface area contributed by atoms with Crippen LogP contribution in [0.15, 0.2) is 18.2 Å². The minimum absolute atomic E-state index is 0.000654. The summed E-state index contributed by atoms with van der Waals surface area (Å²) in [6.07, 6.45) is 0. The lowest BCUT2D eigenvalue weighted by molar-refractivity contribution is -0.146. The summed E-state index contributed by atoms with van der Waals surface area (Å²) in [4.78, 5) is 57.4. The Balaban J connectivity index is 2.70. The second kappa shape index (κ2) is 10.1. The fraction of sp³-hybridized carbons (Fsp3) is 0.267. The fourth-order valence-electron chi connectivity index (χ4n) is 1.63. The molecule has 0 aliphatic heterocycles. The average molecular weight is 422 g/mol. The van der Waals surface area contributed by atoms with E-state index in [4.69, 9.17) is 33.0 Å². The Kier molecular flexibility index (Phi) is 8.56. The van der Waals surface area contributed by atoms with E-state index < -0.39 is 36.3 Å². The van der Waals surface area contributed by atoms with Crippen molar-refractivity contribution in [3.63, 3.8) is 0 Å². The van der Waals surface area contributed by atoms with Gasteiger partial charge in [-0.1, -0.05) is 41.0 Å². The van der Waals surface area contributed by atoms with Gasteiger partial charge in [0.15, 0.2) is 17.8 Å². The first-order valence-corrected chi connectivity index (χ1v) is 8.67. The van der Waals surface area contributed by atoms with Crippen molar-refractivity contribution in [1.82, 2.24) is 5.32 Å². The van der Waals surface area contributed by atoms with Crippen LogP contribution in [-0.4, -0.2) is 52.3 Å². The summed E-state index contributed by atoms with van der Waals surface area (Å²) in [6, 6.07) is 2.35. The number of Topliss-reactive ketones (excluding diaryl/α,β-unsaturated/α-hetero) is 1. The molecule has 0 bridgehead atoms. The molecule has 0 saturated carbocycles. The second-order valence-corrected chi connectivity index (χ2v) is 6.72. The summed E-state index contributed by atoms with van der Waals surface area (Å²) in [5.41, 5.74) is -0.169. The van der Waals surface area contributed by atoms with Crippen molar-refractivity contribution in [3.05, 3.63) is 33.8 Å². The topological polar surface area (TPSA) is 127 Å². The second-order valence-electron chi connectivity index (χ2n) is 4.76. The maximum atomic E-state index is 12.0. The van der Waals surface area contributed by atoms with Crippen LogP contribution in [0.5, 0.6) is 0 Å². The molecule has 1 amide bonds. The van der Waals surface area contributed by atoms with Gasteiger partial charge in [0, 0.05) is 6.92 Å². The highest BCUT2D eigenvalue weighted by Crippen LogP contribution is 2.24. The molecule has 0 aromatic heterocycles. The Hall–Kier alpha value is -2.10. The van der Waals surface area contributed by atoms with Crippen LogP contribution in [0.1, 0.15) is 17.3 Å². The number of hydrogen-bond donors (Lipinski definition) is 2. The number of ether oxygens (including phenoxy) is 1. The number of thioether (sulfide) groups is 1. The molecule has 1 atom stereocenters. The lowest BCUT2D eigenvalue weighted by Crippen LogP contribution is -2.48. The monoisotopic (exact) mass is 421 g/mol. The molecule has 11 heteroatoms. The zero-order chi connectivity index (χ0) is 19.9. The standard InChI is InChI=1S/C15H13Cl2NO7S/c1-7(19)26-6-11(21)18-13(14(22)23)10(20)5-25-15(24)12-8(16)3-2-4-9(12)17/h2-4,13H,5-6H2,1H3,(H,18,21)(H,22,23). The third-order valence-corrected chi connectivity index (χ3v) is 4.24. The van der Waals surface area contributed by atoms with E-state index in [9.17, 15) is 24.0 Å². The average Bonchev–Trinajstić information content (AvgIpc) is 2.55. The number of amides is 1. The normalized spacial score (nSPS) is 11.3. The Bertz CT molecular complexity index is 733. The molecule has 140 valence electrons. The van der Waals surface area contributed by atoms with E-state index in [-0.39, 0.29) is 26.5 Å². The molecular weight excluding hydrogens is 409 g/mol. The Morgan fingerprint density at radius 1 is 1.19 bits per heavy atom. The number of aliphatic carboxylic acids is 1. The minimum atomic E-state index is -1.93. The van der Waals surface area contributed by atoms with Gasteiger partial charge in [-0.3, -0.25) is 14.4 Å². The molecule has 0 heterocycles. The van der Waals surface area contributed by atoms with Gasteiger partial charge in [0.05, 0.1) is 21.4 Å². The predicted octanol–water partition coefficient (Wildman–Crippen LogP) is 1.57. The quantitative estimate of drug-likeness (QED) is 0.478. The smallest absolute Gasteiger partial charge is 0.341 e. The van der Waals surface area contributed by atoms with Crippen molar-refractivity contribution < 1.29 is 33.8 Å². The lowest BCUT2D eigenvalue weighted by Gasteiger charge is -2.14. The first-order chi connectivity index (χ1) is 12.1. The molecule has 26 heavy (non-hydrogen) atoms. The molecule has 0 aliphatic rings. The number of ketones is 1. The van der Waals surface area contributed by atoms with Gasteiger partial charge in [-0.25, -0.2) is 9.59 Å². The van der Waals surface area contributed by atoms with Crippen molar-refractivity contribution in [2.45, 2.75) is 13.0 Å². The van der Waals surface area contributed by atoms with Gasteiger partial charge in [0.2, 0.25) is 11.7 Å². The van der Waals surface area contributed by atoms with Crippen molar-refractivity contribution in [2.75, 3.05) is 12.4 Å². The molecule has 0 spiro atoms. The van der Waals surface area contributed by atoms with Crippen LogP contribution in [0.3, 0.4) is 0 Å². The summed E-state index contributed by atoms with van der Waals surface area (Å²) in [5, 5.41) is 10.7. The number of esters is 1. The van der Waals surface area contributed by atoms with E-state index in [1.165, 1.54) is 25.1 Å². The van der Waals surface area contributed by atoms with Crippen LogP contribution in [0.4, 0.5) is 0 Å². The molecule has 1 unspecified atom stereocenters. The van der Waals surface area contributed by atoms with Crippen molar-refractivity contribution >= 4 is 63.7 Å². The Morgan fingerprint density at radius 3 is 2.27 bits per heavy atom. The lowest BCUT2D eigenvalue weighted by atomic mass is 10.2. The van der Waals surface area contributed by atoms with Gasteiger partial charge in [0.1, 0.15) is 0 Å². The summed E-state index contributed by atoms with van der Waals surface area (Å²) in [5.74, 6) is -4.90. The zero-order valence-electron chi connectivity index (χ0n) is 13.3. The summed E-state index contributed by atoms with van der Waals surface area (Å²) in [6.45, 7) is 0.314. The fourth-order valence-corrected chi connectivity index (χ4v) is 2.60. The first kappa shape index (κ1) is 21.9. The van der Waals surface area contributed by atoms with Crippen molar-refractivity contribution in [3.8, 4) is 0 Å². The van der Waals surface area contributed by atoms with Crippen molar-refractivity contribution in [1.29, 1.82) is 0 Å². The number of rotatable bonds is 8. The highest BCUT2D eigenvalue weighted by atomic mass is 35.5. The highest BCUT2D eigenvalue weighted by molar-refractivity contribution is 8.14. The number of carbonyl (C=O) groups excluding carboxylic acids is 4. The Labute approximate surface area is 162 Å². The number of carboxylic acid groups (broad SMARTS) is 1. The highest BCUT2D eigenvalue weighted by Gasteiger charge is 2.29. The third-order valence-electron chi connectivity index (χ3n) is 2.79. The molecule has 1 rings (SSSR count). The van der Waals surface area contributed by atoms with E-state index in [1.807, 2.05) is 5.32 Å². The van der Waals surface area contributed by atoms with Gasteiger partial charge in [-0.15, -0.1) is 0 Å². The van der Waals surface area contributed by atoms with Crippen molar-refractivity contribution in [2.24, 2.45) is 0 Å². The summed E-state index contributed by atoms with van der Waals surface area (Å²) in [7, 11) is 0. The van der Waals surface area contributed by atoms with Crippen LogP contribution >= 0.6 is 35.0 Å². The maximum absolute atomic E-state index is 12.0. The number of carboxylic acids is 1. The van der Waals surface area contributed by atoms with Crippen LogP contribution in [-0.2, 0) is 23.9 Å². The molecule has 0 fully saturated rings. The number of hydrogen-bond acceptors (Lipinski definition) is 7. The molecule has 1 aromatic rings. The Morgan fingerprint density at radius 2 is 1.77 bits per heavy atom. The van der Waals surface area contributed by atoms with E-state index in [1.54, 1.807) is 0 Å². The number of carbonyl (C=O) groups is 5. The molecule has 2 N–H and O–H groups in total. The van der Waals surface area contributed by atoms with Gasteiger partial charge >= 0.3 is 11.9 Å².